The Balaban J connectivity index is 1.48. The Bertz CT molecular complexity index is 909. The summed E-state index contributed by atoms with van der Waals surface area (Å²) in [5.74, 6) is 2.64. The van der Waals surface area contributed by atoms with Gasteiger partial charge in [0.15, 0.2) is 23.0 Å². The monoisotopic (exact) mass is 368 g/mol. The SMILES string of the molecule is COc1ccc(C2=NN(C(=O)Cc3ccc4c(c3)OCO4)CC2)cc1OC. The van der Waals surface area contributed by atoms with E-state index in [2.05, 4.69) is 5.10 Å². The number of methoxy groups -OCH3 is 2. The second-order valence-electron chi connectivity index (χ2n) is 6.25. The maximum Gasteiger partial charge on any atom is 0.247 e. The summed E-state index contributed by atoms with van der Waals surface area (Å²) in [6, 6.07) is 11.2. The molecule has 0 bridgehead atoms. The van der Waals surface area contributed by atoms with Gasteiger partial charge in [0.05, 0.1) is 32.9 Å². The van der Waals surface area contributed by atoms with E-state index in [4.69, 9.17) is 18.9 Å². The highest BCUT2D eigenvalue weighted by atomic mass is 16.7. The summed E-state index contributed by atoms with van der Waals surface area (Å²) in [7, 11) is 3.19. The number of fused-ring (bicyclic) bond motifs is 1. The van der Waals surface area contributed by atoms with E-state index in [1.807, 2.05) is 36.4 Å². The lowest BCUT2D eigenvalue weighted by atomic mass is 10.1. The van der Waals surface area contributed by atoms with E-state index in [1.54, 1.807) is 14.2 Å². The van der Waals surface area contributed by atoms with Crippen LogP contribution >= 0.6 is 0 Å². The van der Waals surface area contributed by atoms with E-state index in [0.717, 1.165) is 16.8 Å². The molecule has 0 aromatic heterocycles. The molecule has 0 fully saturated rings. The predicted molar refractivity (Wildman–Crippen MR) is 98.7 cm³/mol. The molecule has 2 aromatic rings. The number of ether oxygens (including phenoxy) is 4. The highest BCUT2D eigenvalue weighted by molar-refractivity contribution is 6.03. The van der Waals surface area contributed by atoms with Crippen LogP contribution < -0.4 is 18.9 Å². The van der Waals surface area contributed by atoms with Crippen LogP contribution in [0.15, 0.2) is 41.5 Å². The van der Waals surface area contributed by atoms with E-state index in [1.165, 1.54) is 5.01 Å². The first-order chi connectivity index (χ1) is 13.2. The molecule has 4 rings (SSSR count). The van der Waals surface area contributed by atoms with E-state index in [0.29, 0.717) is 36.0 Å². The van der Waals surface area contributed by atoms with Gasteiger partial charge in [-0.05, 0) is 35.9 Å². The molecule has 0 saturated carbocycles. The number of benzene rings is 2. The van der Waals surface area contributed by atoms with Crippen LogP contribution in [-0.2, 0) is 11.2 Å². The Kier molecular flexibility index (Phi) is 4.58. The predicted octanol–water partition coefficient (Wildman–Crippen LogP) is 2.61. The first-order valence-electron chi connectivity index (χ1n) is 8.66. The molecule has 0 spiro atoms. The summed E-state index contributed by atoms with van der Waals surface area (Å²) in [5.41, 5.74) is 2.65. The van der Waals surface area contributed by atoms with Gasteiger partial charge in [-0.3, -0.25) is 4.79 Å². The molecule has 0 saturated heterocycles. The standard InChI is InChI=1S/C20H20N2O5/c1-24-16-6-4-14(11-18(16)25-2)15-7-8-22(21-15)20(23)10-13-3-5-17-19(9-13)27-12-26-17/h3-6,9,11H,7-8,10,12H2,1-2H3. The third kappa shape index (κ3) is 3.40. The van der Waals surface area contributed by atoms with Crippen molar-refractivity contribution in [3.8, 4) is 23.0 Å². The minimum atomic E-state index is -0.0515. The van der Waals surface area contributed by atoms with Crippen LogP contribution in [-0.4, -0.2) is 44.2 Å². The Labute approximate surface area is 157 Å². The van der Waals surface area contributed by atoms with Crippen LogP contribution in [0.1, 0.15) is 17.5 Å². The summed E-state index contributed by atoms with van der Waals surface area (Å²) >= 11 is 0. The fraction of sp³-hybridized carbons (Fsp3) is 0.300. The summed E-state index contributed by atoms with van der Waals surface area (Å²) in [4.78, 5) is 12.6. The van der Waals surface area contributed by atoms with Gasteiger partial charge in [0.25, 0.3) is 0 Å². The Morgan fingerprint density at radius 2 is 1.89 bits per heavy atom. The van der Waals surface area contributed by atoms with Crippen LogP contribution in [0.4, 0.5) is 0 Å². The number of carbonyl (C=O) groups is 1. The highest BCUT2D eigenvalue weighted by Gasteiger charge is 2.23. The lowest BCUT2D eigenvalue weighted by Crippen LogP contribution is -2.25. The zero-order valence-electron chi connectivity index (χ0n) is 15.2. The van der Waals surface area contributed by atoms with Gasteiger partial charge < -0.3 is 18.9 Å². The molecule has 140 valence electrons. The molecule has 7 nitrogen and oxygen atoms in total. The van der Waals surface area contributed by atoms with Crippen LogP contribution in [0, 0.1) is 0 Å². The van der Waals surface area contributed by atoms with Crippen LogP contribution in [0.2, 0.25) is 0 Å². The van der Waals surface area contributed by atoms with Gasteiger partial charge in [-0.2, -0.15) is 5.10 Å². The van der Waals surface area contributed by atoms with E-state index >= 15 is 0 Å². The second kappa shape index (κ2) is 7.19. The third-order valence-corrected chi connectivity index (χ3v) is 4.60. The maximum atomic E-state index is 12.6. The lowest BCUT2D eigenvalue weighted by Gasteiger charge is -2.11. The quantitative estimate of drug-likeness (QED) is 0.811. The molecular formula is C20H20N2O5. The van der Waals surface area contributed by atoms with Crippen molar-refractivity contribution in [1.82, 2.24) is 5.01 Å². The maximum absolute atomic E-state index is 12.6. The zero-order chi connectivity index (χ0) is 18.8. The van der Waals surface area contributed by atoms with Gasteiger partial charge in [0.2, 0.25) is 12.7 Å². The fourth-order valence-corrected chi connectivity index (χ4v) is 3.17. The van der Waals surface area contributed by atoms with Crippen LogP contribution in [0.3, 0.4) is 0 Å². The molecule has 0 unspecified atom stereocenters. The second-order valence-corrected chi connectivity index (χ2v) is 6.25. The number of hydrazone groups is 1. The molecular weight excluding hydrogens is 348 g/mol. The first-order valence-corrected chi connectivity index (χ1v) is 8.66. The van der Waals surface area contributed by atoms with Gasteiger partial charge in [0.1, 0.15) is 0 Å². The van der Waals surface area contributed by atoms with Crippen molar-refractivity contribution in [2.75, 3.05) is 27.6 Å². The summed E-state index contributed by atoms with van der Waals surface area (Å²) in [6.07, 6.45) is 0.960. The Hall–Kier alpha value is -3.22. The third-order valence-electron chi connectivity index (χ3n) is 4.60. The average molecular weight is 368 g/mol. The number of nitrogens with zero attached hydrogens (tertiary/aromatic N) is 2. The fourth-order valence-electron chi connectivity index (χ4n) is 3.17. The van der Waals surface area contributed by atoms with E-state index in [-0.39, 0.29) is 19.1 Å². The largest absolute Gasteiger partial charge is 0.493 e. The molecule has 0 N–H and O–H groups in total. The smallest absolute Gasteiger partial charge is 0.247 e. The molecule has 27 heavy (non-hydrogen) atoms. The minimum absolute atomic E-state index is 0.0515. The van der Waals surface area contributed by atoms with Crippen molar-refractivity contribution < 1.29 is 23.7 Å². The minimum Gasteiger partial charge on any atom is -0.493 e. The molecule has 0 aliphatic carbocycles. The van der Waals surface area contributed by atoms with Gasteiger partial charge >= 0.3 is 0 Å². The molecule has 0 radical (unpaired) electrons. The van der Waals surface area contributed by atoms with Crippen molar-refractivity contribution >= 4 is 11.6 Å². The molecule has 2 aromatic carbocycles. The van der Waals surface area contributed by atoms with Gasteiger partial charge in [-0.25, -0.2) is 5.01 Å². The van der Waals surface area contributed by atoms with Crippen molar-refractivity contribution in [2.45, 2.75) is 12.8 Å². The molecule has 1 amide bonds. The Morgan fingerprint density at radius 3 is 2.70 bits per heavy atom. The van der Waals surface area contributed by atoms with Crippen molar-refractivity contribution in [1.29, 1.82) is 0 Å². The van der Waals surface area contributed by atoms with Gasteiger partial charge in [-0.15, -0.1) is 0 Å². The molecule has 2 aliphatic rings. The number of carbonyl (C=O) groups excluding carboxylic acids is 1. The molecule has 0 atom stereocenters. The van der Waals surface area contributed by atoms with Gasteiger partial charge in [0, 0.05) is 12.0 Å². The summed E-state index contributed by atoms with van der Waals surface area (Å²) < 4.78 is 21.3. The Morgan fingerprint density at radius 1 is 1.07 bits per heavy atom. The number of rotatable bonds is 5. The normalized spacial score (nSPS) is 14.9. The highest BCUT2D eigenvalue weighted by Crippen LogP contribution is 2.33. The van der Waals surface area contributed by atoms with E-state index in [9.17, 15) is 4.79 Å². The van der Waals surface area contributed by atoms with Crippen molar-refractivity contribution in [3.63, 3.8) is 0 Å². The zero-order valence-corrected chi connectivity index (χ0v) is 15.2. The lowest BCUT2D eigenvalue weighted by molar-refractivity contribution is -0.130. The van der Waals surface area contributed by atoms with Crippen molar-refractivity contribution in [2.24, 2.45) is 5.10 Å². The molecule has 2 aliphatic heterocycles. The summed E-state index contributed by atoms with van der Waals surface area (Å²) in [5, 5.41) is 6.03. The van der Waals surface area contributed by atoms with Crippen molar-refractivity contribution in [3.05, 3.63) is 47.5 Å². The molecule has 2 heterocycles. The summed E-state index contributed by atoms with van der Waals surface area (Å²) in [6.45, 7) is 0.783. The number of hydrogen-bond acceptors (Lipinski definition) is 6. The topological polar surface area (TPSA) is 69.6 Å². The number of amides is 1. The molecule has 7 heteroatoms. The van der Waals surface area contributed by atoms with Crippen LogP contribution in [0.25, 0.3) is 0 Å². The average Bonchev–Trinajstić information content (AvgIpc) is 3.36. The van der Waals surface area contributed by atoms with E-state index < -0.39 is 0 Å². The van der Waals surface area contributed by atoms with Gasteiger partial charge in [-0.1, -0.05) is 6.07 Å². The number of hydrogen-bond donors (Lipinski definition) is 0. The van der Waals surface area contributed by atoms with Crippen LogP contribution in [0.5, 0.6) is 23.0 Å². The first kappa shape index (κ1) is 17.2.